The average molecular weight is 251 g/mol. The molecule has 0 spiro atoms. The van der Waals surface area contributed by atoms with Crippen LogP contribution in [0.2, 0.25) is 0 Å². The third-order valence-corrected chi connectivity index (χ3v) is 3.34. The topological polar surface area (TPSA) is 44.5 Å². The summed E-state index contributed by atoms with van der Waals surface area (Å²) in [4.78, 5) is 0. The van der Waals surface area contributed by atoms with Gasteiger partial charge in [-0.2, -0.15) is 0 Å². The summed E-state index contributed by atoms with van der Waals surface area (Å²) in [6.07, 6.45) is 2.27. The first-order chi connectivity index (χ1) is 8.62. The number of ether oxygens (including phenoxy) is 2. The molecule has 0 saturated carbocycles. The Morgan fingerprint density at radius 3 is 2.33 bits per heavy atom. The summed E-state index contributed by atoms with van der Waals surface area (Å²) in [5.41, 5.74) is 6.91. The molecule has 18 heavy (non-hydrogen) atoms. The molecule has 0 aliphatic rings. The summed E-state index contributed by atoms with van der Waals surface area (Å²) in [5.74, 6) is 2.16. The molecule has 0 saturated heterocycles. The van der Waals surface area contributed by atoms with E-state index in [4.69, 9.17) is 15.2 Å². The van der Waals surface area contributed by atoms with Crippen molar-refractivity contribution in [3.63, 3.8) is 0 Å². The molecule has 0 aromatic heterocycles. The Kier molecular flexibility index (Phi) is 5.99. The van der Waals surface area contributed by atoms with Crippen LogP contribution in [-0.2, 0) is 0 Å². The molecule has 1 atom stereocenters. The Morgan fingerprint density at radius 1 is 1.17 bits per heavy atom. The first-order valence-electron chi connectivity index (χ1n) is 6.68. The normalized spacial score (nSPS) is 12.6. The van der Waals surface area contributed by atoms with Crippen molar-refractivity contribution in [2.75, 3.05) is 13.7 Å². The third-order valence-electron chi connectivity index (χ3n) is 3.34. The second-order valence-electron chi connectivity index (χ2n) is 4.69. The molecule has 3 nitrogen and oxygen atoms in total. The Morgan fingerprint density at radius 2 is 1.83 bits per heavy atom. The Labute approximate surface area is 110 Å². The van der Waals surface area contributed by atoms with E-state index in [0.29, 0.717) is 5.92 Å². The van der Waals surface area contributed by atoms with Crippen molar-refractivity contribution in [3.8, 4) is 11.5 Å². The maximum absolute atomic E-state index is 5.86. The number of hydrogen-bond acceptors (Lipinski definition) is 3. The van der Waals surface area contributed by atoms with Gasteiger partial charge in [0.2, 0.25) is 0 Å². The van der Waals surface area contributed by atoms with Crippen LogP contribution < -0.4 is 15.2 Å². The summed E-state index contributed by atoms with van der Waals surface area (Å²) in [6.45, 7) is 7.07. The molecule has 0 fully saturated rings. The molecule has 0 aliphatic heterocycles. The van der Waals surface area contributed by atoms with E-state index in [1.807, 2.05) is 25.1 Å². The van der Waals surface area contributed by atoms with Crippen LogP contribution in [0.5, 0.6) is 11.5 Å². The van der Waals surface area contributed by atoms with E-state index >= 15 is 0 Å². The van der Waals surface area contributed by atoms with Gasteiger partial charge >= 0.3 is 0 Å². The minimum atomic E-state index is 0.00646. The Balaban J connectivity index is 2.76. The predicted octanol–water partition coefficient (Wildman–Crippen LogP) is 3.53. The van der Waals surface area contributed by atoms with Crippen LogP contribution in [0.3, 0.4) is 0 Å². The molecule has 2 N–H and O–H groups in total. The number of nitrogens with two attached hydrogens (primary N) is 1. The van der Waals surface area contributed by atoms with Gasteiger partial charge in [-0.1, -0.05) is 32.8 Å². The molecule has 102 valence electrons. The van der Waals surface area contributed by atoms with Crippen molar-refractivity contribution in [3.05, 3.63) is 23.8 Å². The molecule has 0 radical (unpaired) electrons. The summed E-state index contributed by atoms with van der Waals surface area (Å²) in [7, 11) is 1.66. The molecule has 0 unspecified atom stereocenters. The van der Waals surface area contributed by atoms with Gasteiger partial charge in [0.15, 0.2) is 11.5 Å². The standard InChI is InChI=1S/C15H25NO2/c1-5-12(6-2)10-18-14-8-7-13(11(3)16)9-15(14)17-4/h7-9,11-12H,5-6,10,16H2,1-4H3/t11-/m1/s1. The van der Waals surface area contributed by atoms with Gasteiger partial charge in [-0.15, -0.1) is 0 Å². The summed E-state index contributed by atoms with van der Waals surface area (Å²) in [6, 6.07) is 5.90. The van der Waals surface area contributed by atoms with Gasteiger partial charge in [0.05, 0.1) is 13.7 Å². The van der Waals surface area contributed by atoms with E-state index in [0.717, 1.165) is 36.5 Å². The molecule has 0 heterocycles. The Bertz CT molecular complexity index is 360. The first kappa shape index (κ1) is 14.8. The molecule has 1 aromatic rings. The number of methoxy groups -OCH3 is 1. The van der Waals surface area contributed by atoms with Gasteiger partial charge < -0.3 is 15.2 Å². The van der Waals surface area contributed by atoms with Gasteiger partial charge in [0, 0.05) is 6.04 Å². The SMILES string of the molecule is CCC(CC)COc1ccc([C@@H](C)N)cc1OC. The van der Waals surface area contributed by atoms with Crippen LogP contribution in [0.1, 0.15) is 45.2 Å². The van der Waals surface area contributed by atoms with Gasteiger partial charge in [0.1, 0.15) is 0 Å². The van der Waals surface area contributed by atoms with E-state index < -0.39 is 0 Å². The smallest absolute Gasteiger partial charge is 0.161 e. The average Bonchev–Trinajstić information content (AvgIpc) is 2.39. The summed E-state index contributed by atoms with van der Waals surface area (Å²) >= 11 is 0. The molecular formula is C15H25NO2. The molecule has 1 rings (SSSR count). The lowest BCUT2D eigenvalue weighted by atomic mass is 10.1. The van der Waals surface area contributed by atoms with Gasteiger partial charge in [-0.25, -0.2) is 0 Å². The van der Waals surface area contributed by atoms with Gasteiger partial charge in [-0.05, 0) is 30.5 Å². The van der Waals surface area contributed by atoms with Crippen LogP contribution in [0.4, 0.5) is 0 Å². The highest BCUT2D eigenvalue weighted by Gasteiger charge is 2.10. The minimum Gasteiger partial charge on any atom is -0.493 e. The second-order valence-corrected chi connectivity index (χ2v) is 4.69. The fourth-order valence-electron chi connectivity index (χ4n) is 1.82. The molecule has 0 amide bonds. The lowest BCUT2D eigenvalue weighted by molar-refractivity contribution is 0.230. The highest BCUT2D eigenvalue weighted by Crippen LogP contribution is 2.30. The minimum absolute atomic E-state index is 0.00646. The molecule has 3 heteroatoms. The van der Waals surface area contributed by atoms with Crippen molar-refractivity contribution in [1.82, 2.24) is 0 Å². The van der Waals surface area contributed by atoms with Crippen LogP contribution in [0.25, 0.3) is 0 Å². The van der Waals surface area contributed by atoms with Crippen molar-refractivity contribution >= 4 is 0 Å². The molecule has 1 aromatic carbocycles. The largest absolute Gasteiger partial charge is 0.493 e. The fourth-order valence-corrected chi connectivity index (χ4v) is 1.82. The summed E-state index contributed by atoms with van der Waals surface area (Å²) in [5, 5.41) is 0. The first-order valence-corrected chi connectivity index (χ1v) is 6.68. The zero-order chi connectivity index (χ0) is 13.5. The maximum Gasteiger partial charge on any atom is 0.161 e. The van der Waals surface area contributed by atoms with E-state index in [2.05, 4.69) is 13.8 Å². The Hall–Kier alpha value is -1.22. The lowest BCUT2D eigenvalue weighted by Gasteiger charge is -2.17. The second kappa shape index (κ2) is 7.27. The van der Waals surface area contributed by atoms with Gasteiger partial charge in [-0.3, -0.25) is 0 Å². The maximum atomic E-state index is 5.86. The third kappa shape index (κ3) is 3.91. The van der Waals surface area contributed by atoms with Crippen molar-refractivity contribution in [2.45, 2.75) is 39.7 Å². The lowest BCUT2D eigenvalue weighted by Crippen LogP contribution is -2.11. The summed E-state index contributed by atoms with van der Waals surface area (Å²) < 4.78 is 11.2. The number of hydrogen-bond donors (Lipinski definition) is 1. The van der Waals surface area contributed by atoms with Crippen molar-refractivity contribution in [2.24, 2.45) is 11.7 Å². The number of rotatable bonds is 7. The quantitative estimate of drug-likeness (QED) is 0.806. The van der Waals surface area contributed by atoms with E-state index in [1.54, 1.807) is 7.11 Å². The van der Waals surface area contributed by atoms with Crippen LogP contribution in [0, 0.1) is 5.92 Å². The van der Waals surface area contributed by atoms with Crippen molar-refractivity contribution in [1.29, 1.82) is 0 Å². The van der Waals surface area contributed by atoms with E-state index in [-0.39, 0.29) is 6.04 Å². The predicted molar refractivity (Wildman–Crippen MR) is 75.2 cm³/mol. The molecule has 0 aliphatic carbocycles. The molecule has 0 bridgehead atoms. The van der Waals surface area contributed by atoms with Crippen molar-refractivity contribution < 1.29 is 9.47 Å². The van der Waals surface area contributed by atoms with Crippen LogP contribution in [0.15, 0.2) is 18.2 Å². The zero-order valence-electron chi connectivity index (χ0n) is 11.9. The van der Waals surface area contributed by atoms with E-state index in [9.17, 15) is 0 Å². The van der Waals surface area contributed by atoms with E-state index in [1.165, 1.54) is 0 Å². The van der Waals surface area contributed by atoms with Gasteiger partial charge in [0.25, 0.3) is 0 Å². The zero-order valence-corrected chi connectivity index (χ0v) is 11.9. The highest BCUT2D eigenvalue weighted by molar-refractivity contribution is 5.43. The van der Waals surface area contributed by atoms with Crippen LogP contribution >= 0.6 is 0 Å². The fraction of sp³-hybridized carbons (Fsp3) is 0.600. The molecular weight excluding hydrogens is 226 g/mol. The van der Waals surface area contributed by atoms with Crippen LogP contribution in [-0.4, -0.2) is 13.7 Å². The monoisotopic (exact) mass is 251 g/mol. The number of benzene rings is 1. The highest BCUT2D eigenvalue weighted by atomic mass is 16.5.